The third-order valence-corrected chi connectivity index (χ3v) is 2.63. The number of nitrogens with zero attached hydrogens (tertiary/aromatic N) is 4. The Labute approximate surface area is 91.1 Å². The maximum absolute atomic E-state index is 12.5. The molecule has 0 saturated heterocycles. The van der Waals surface area contributed by atoms with E-state index in [0.717, 1.165) is 13.0 Å². The average molecular weight is 234 g/mol. The fourth-order valence-electron chi connectivity index (χ4n) is 1.92. The second kappa shape index (κ2) is 4.04. The smallest absolute Gasteiger partial charge is 0.305 e. The zero-order chi connectivity index (χ0) is 11.8. The van der Waals surface area contributed by atoms with Gasteiger partial charge in [-0.1, -0.05) is 6.92 Å². The molecule has 0 fully saturated rings. The molecule has 0 radical (unpaired) electrons. The van der Waals surface area contributed by atoms with Crippen LogP contribution in [0.15, 0.2) is 0 Å². The van der Waals surface area contributed by atoms with E-state index in [1.165, 1.54) is 4.57 Å². The molecule has 1 aliphatic heterocycles. The Morgan fingerprint density at radius 1 is 1.25 bits per heavy atom. The van der Waals surface area contributed by atoms with Crippen molar-refractivity contribution in [1.82, 2.24) is 19.7 Å². The summed E-state index contributed by atoms with van der Waals surface area (Å²) < 4.78 is 38.7. The van der Waals surface area contributed by atoms with Crippen LogP contribution in [-0.2, 0) is 19.3 Å². The highest BCUT2D eigenvalue weighted by molar-refractivity contribution is 5.02. The Morgan fingerprint density at radius 2 is 2.00 bits per heavy atom. The molecule has 0 bridgehead atoms. The van der Waals surface area contributed by atoms with Crippen LogP contribution in [-0.4, -0.2) is 32.8 Å². The summed E-state index contributed by atoms with van der Waals surface area (Å²) in [5.74, 6) is -0.467. The lowest BCUT2D eigenvalue weighted by Crippen LogP contribution is -2.35. The highest BCUT2D eigenvalue weighted by Gasteiger charge is 2.39. The molecule has 0 aliphatic carbocycles. The van der Waals surface area contributed by atoms with E-state index in [1.54, 1.807) is 0 Å². The molecule has 0 amide bonds. The molecule has 0 atom stereocenters. The van der Waals surface area contributed by atoms with Gasteiger partial charge in [0.25, 0.3) is 0 Å². The Hall–Kier alpha value is -1.11. The van der Waals surface area contributed by atoms with Crippen molar-refractivity contribution in [1.29, 1.82) is 0 Å². The third-order valence-electron chi connectivity index (χ3n) is 2.63. The summed E-state index contributed by atoms with van der Waals surface area (Å²) in [4.78, 5) is 2.09. The normalized spacial score (nSPS) is 17.5. The van der Waals surface area contributed by atoms with Crippen molar-refractivity contribution in [2.75, 3.05) is 13.1 Å². The fourth-order valence-corrected chi connectivity index (χ4v) is 1.92. The van der Waals surface area contributed by atoms with Gasteiger partial charge in [-0.25, -0.2) is 0 Å². The molecule has 2 rings (SSSR count). The highest BCUT2D eigenvalue weighted by atomic mass is 19.4. The summed E-state index contributed by atoms with van der Waals surface area (Å²) in [6, 6.07) is 0. The minimum absolute atomic E-state index is 0.317. The van der Waals surface area contributed by atoms with Crippen LogP contribution in [0.5, 0.6) is 0 Å². The first kappa shape index (κ1) is 11.4. The highest BCUT2D eigenvalue weighted by Crippen LogP contribution is 2.29. The monoisotopic (exact) mass is 234 g/mol. The van der Waals surface area contributed by atoms with Crippen molar-refractivity contribution < 1.29 is 13.2 Å². The Bertz CT molecular complexity index is 371. The standard InChI is InChI=1S/C9H13F3N4/c1-2-3-15-4-5-16-7(6-15)13-14-8(16)9(10,11)12/h2-6H2,1H3. The maximum atomic E-state index is 12.5. The molecule has 0 unspecified atom stereocenters. The zero-order valence-electron chi connectivity index (χ0n) is 8.96. The van der Waals surface area contributed by atoms with Gasteiger partial charge in [-0.3, -0.25) is 4.90 Å². The molecule has 1 aliphatic rings. The van der Waals surface area contributed by atoms with E-state index in [0.29, 0.717) is 25.5 Å². The number of halogens is 3. The molecule has 0 N–H and O–H groups in total. The Balaban J connectivity index is 2.20. The first-order valence-electron chi connectivity index (χ1n) is 5.24. The molecule has 0 aromatic carbocycles. The topological polar surface area (TPSA) is 34.0 Å². The second-order valence-electron chi connectivity index (χ2n) is 3.87. The van der Waals surface area contributed by atoms with Crippen LogP contribution in [0.1, 0.15) is 25.0 Å². The number of alkyl halides is 3. The molecule has 0 saturated carbocycles. The lowest BCUT2D eigenvalue weighted by Gasteiger charge is -2.27. The summed E-state index contributed by atoms with van der Waals surface area (Å²) in [6.45, 7) is 4.32. The van der Waals surface area contributed by atoms with Crippen LogP contribution in [0, 0.1) is 0 Å². The number of rotatable bonds is 2. The van der Waals surface area contributed by atoms with Gasteiger partial charge in [-0.15, -0.1) is 10.2 Å². The molecule has 1 aromatic heterocycles. The summed E-state index contributed by atoms with van der Waals surface area (Å²) in [6.07, 6.45) is -3.42. The molecule has 4 nitrogen and oxygen atoms in total. The summed E-state index contributed by atoms with van der Waals surface area (Å²) in [5, 5.41) is 6.83. The average Bonchev–Trinajstić information content (AvgIpc) is 2.60. The van der Waals surface area contributed by atoms with Crippen LogP contribution in [0.25, 0.3) is 0 Å². The SMILES string of the molecule is CCCN1CCn2c(nnc2C(F)(F)F)C1. The number of hydrogen-bond donors (Lipinski definition) is 0. The molecule has 90 valence electrons. The minimum Gasteiger partial charge on any atom is -0.305 e. The van der Waals surface area contributed by atoms with Crippen molar-refractivity contribution in [3.63, 3.8) is 0 Å². The van der Waals surface area contributed by atoms with Gasteiger partial charge in [0, 0.05) is 13.1 Å². The van der Waals surface area contributed by atoms with Crippen LogP contribution >= 0.6 is 0 Å². The van der Waals surface area contributed by atoms with Crippen LogP contribution in [0.4, 0.5) is 13.2 Å². The van der Waals surface area contributed by atoms with E-state index in [4.69, 9.17) is 0 Å². The van der Waals surface area contributed by atoms with Gasteiger partial charge in [0.2, 0.25) is 5.82 Å². The Morgan fingerprint density at radius 3 is 2.62 bits per heavy atom. The van der Waals surface area contributed by atoms with E-state index >= 15 is 0 Å². The largest absolute Gasteiger partial charge is 0.451 e. The minimum atomic E-state index is -4.40. The quantitative estimate of drug-likeness (QED) is 0.778. The molecule has 7 heteroatoms. The van der Waals surface area contributed by atoms with Crippen molar-refractivity contribution in [3.05, 3.63) is 11.6 Å². The molecular formula is C9H13F3N4. The van der Waals surface area contributed by atoms with Crippen LogP contribution in [0.2, 0.25) is 0 Å². The first-order chi connectivity index (χ1) is 7.52. The molecule has 1 aromatic rings. The lowest BCUT2D eigenvalue weighted by atomic mass is 10.3. The van der Waals surface area contributed by atoms with Crippen molar-refractivity contribution >= 4 is 0 Å². The van der Waals surface area contributed by atoms with Crippen LogP contribution < -0.4 is 0 Å². The van der Waals surface area contributed by atoms with E-state index in [-0.39, 0.29) is 0 Å². The number of hydrogen-bond acceptors (Lipinski definition) is 3. The van der Waals surface area contributed by atoms with Gasteiger partial charge in [0.05, 0.1) is 6.54 Å². The van der Waals surface area contributed by atoms with Crippen molar-refractivity contribution in [2.45, 2.75) is 32.6 Å². The lowest BCUT2D eigenvalue weighted by molar-refractivity contribution is -0.148. The van der Waals surface area contributed by atoms with Gasteiger partial charge in [0.1, 0.15) is 5.82 Å². The van der Waals surface area contributed by atoms with Crippen molar-refractivity contribution in [2.24, 2.45) is 0 Å². The van der Waals surface area contributed by atoms with E-state index in [9.17, 15) is 13.2 Å². The van der Waals surface area contributed by atoms with Gasteiger partial charge in [0.15, 0.2) is 0 Å². The number of aromatic nitrogens is 3. The fraction of sp³-hybridized carbons (Fsp3) is 0.778. The molecule has 2 heterocycles. The molecule has 0 spiro atoms. The molecular weight excluding hydrogens is 221 g/mol. The maximum Gasteiger partial charge on any atom is 0.451 e. The number of fused-ring (bicyclic) bond motifs is 1. The summed E-state index contributed by atoms with van der Waals surface area (Å²) in [5.41, 5.74) is 0. The summed E-state index contributed by atoms with van der Waals surface area (Å²) in [7, 11) is 0. The summed E-state index contributed by atoms with van der Waals surface area (Å²) >= 11 is 0. The van der Waals surface area contributed by atoms with Crippen LogP contribution in [0.3, 0.4) is 0 Å². The van der Waals surface area contributed by atoms with Gasteiger partial charge >= 0.3 is 6.18 Å². The van der Waals surface area contributed by atoms with Crippen molar-refractivity contribution in [3.8, 4) is 0 Å². The Kier molecular flexibility index (Phi) is 2.88. The first-order valence-corrected chi connectivity index (χ1v) is 5.24. The van der Waals surface area contributed by atoms with E-state index < -0.39 is 12.0 Å². The van der Waals surface area contributed by atoms with E-state index in [2.05, 4.69) is 15.1 Å². The third kappa shape index (κ3) is 2.04. The molecule has 16 heavy (non-hydrogen) atoms. The predicted octanol–water partition coefficient (Wildman–Crippen LogP) is 1.52. The van der Waals surface area contributed by atoms with Gasteiger partial charge in [-0.2, -0.15) is 13.2 Å². The second-order valence-corrected chi connectivity index (χ2v) is 3.87. The van der Waals surface area contributed by atoms with Gasteiger partial charge in [-0.05, 0) is 13.0 Å². The zero-order valence-corrected chi connectivity index (χ0v) is 8.96. The predicted molar refractivity (Wildman–Crippen MR) is 50.6 cm³/mol. The van der Waals surface area contributed by atoms with Gasteiger partial charge < -0.3 is 4.57 Å². The van der Waals surface area contributed by atoms with E-state index in [1.807, 2.05) is 6.92 Å².